The molecular weight excluding hydrogens is 314 g/mol. The van der Waals surface area contributed by atoms with Gasteiger partial charge in [0, 0.05) is 10.5 Å². The molecule has 106 valence electrons. The van der Waals surface area contributed by atoms with Crippen LogP contribution in [-0.4, -0.2) is 14.2 Å². The van der Waals surface area contributed by atoms with Crippen molar-refractivity contribution in [3.63, 3.8) is 0 Å². The van der Waals surface area contributed by atoms with E-state index in [9.17, 15) is 0 Å². The Kier molecular flexibility index (Phi) is 5.21. The van der Waals surface area contributed by atoms with E-state index in [0.717, 1.165) is 16.6 Å². The van der Waals surface area contributed by atoms with Crippen LogP contribution in [0.25, 0.3) is 0 Å². The highest BCUT2D eigenvalue weighted by Crippen LogP contribution is 2.29. The van der Waals surface area contributed by atoms with Crippen LogP contribution in [0.5, 0.6) is 5.75 Å². The Balaban J connectivity index is 2.31. The monoisotopic (exact) mass is 333 g/mol. The first-order chi connectivity index (χ1) is 9.65. The first kappa shape index (κ1) is 15.1. The maximum absolute atomic E-state index is 5.44. The first-order valence-corrected chi connectivity index (χ1v) is 7.50. The molecule has 20 heavy (non-hydrogen) atoms. The van der Waals surface area contributed by atoms with Gasteiger partial charge in [0.15, 0.2) is 0 Å². The Morgan fingerprint density at radius 2 is 1.95 bits per heavy atom. The van der Waals surface area contributed by atoms with Gasteiger partial charge in [-0.2, -0.15) is 0 Å². The van der Waals surface area contributed by atoms with E-state index in [4.69, 9.17) is 4.74 Å². The minimum atomic E-state index is 0.251. The molecule has 2 rings (SSSR count). The third-order valence-corrected chi connectivity index (χ3v) is 4.21. The fourth-order valence-corrected chi connectivity index (χ4v) is 2.91. The molecule has 0 saturated carbocycles. The summed E-state index contributed by atoms with van der Waals surface area (Å²) < 4.78 is 6.58. The minimum absolute atomic E-state index is 0.251. The normalized spacial score (nSPS) is 12.2. The number of para-hydroxylation sites is 1. The van der Waals surface area contributed by atoms with E-state index in [2.05, 4.69) is 58.5 Å². The molecular formula is C17H20BrNO. The lowest BCUT2D eigenvalue weighted by molar-refractivity contribution is 0.406. The quantitative estimate of drug-likeness (QED) is 0.882. The summed E-state index contributed by atoms with van der Waals surface area (Å²) in [4.78, 5) is 0. The van der Waals surface area contributed by atoms with Crippen molar-refractivity contribution in [2.75, 3.05) is 14.2 Å². The maximum atomic E-state index is 5.44. The molecule has 0 spiro atoms. The molecule has 1 N–H and O–H groups in total. The van der Waals surface area contributed by atoms with Crippen LogP contribution in [0.2, 0.25) is 0 Å². The van der Waals surface area contributed by atoms with Crippen molar-refractivity contribution in [2.24, 2.45) is 0 Å². The topological polar surface area (TPSA) is 21.3 Å². The second-order valence-electron chi connectivity index (χ2n) is 4.88. The van der Waals surface area contributed by atoms with E-state index in [0.29, 0.717) is 0 Å². The molecule has 3 heteroatoms. The lowest BCUT2D eigenvalue weighted by Gasteiger charge is -2.20. The number of rotatable bonds is 5. The first-order valence-electron chi connectivity index (χ1n) is 6.71. The number of benzene rings is 2. The summed E-state index contributed by atoms with van der Waals surface area (Å²) in [6.45, 7) is 2.12. The Hall–Kier alpha value is -1.32. The van der Waals surface area contributed by atoms with E-state index < -0.39 is 0 Å². The van der Waals surface area contributed by atoms with Gasteiger partial charge in [0.2, 0.25) is 0 Å². The molecule has 1 unspecified atom stereocenters. The molecule has 2 nitrogen and oxygen atoms in total. The lowest BCUT2D eigenvalue weighted by Crippen LogP contribution is -2.19. The molecule has 0 amide bonds. The van der Waals surface area contributed by atoms with E-state index in [-0.39, 0.29) is 6.04 Å². The van der Waals surface area contributed by atoms with Crippen LogP contribution in [0.1, 0.15) is 22.7 Å². The van der Waals surface area contributed by atoms with Crippen LogP contribution < -0.4 is 10.1 Å². The molecule has 1 atom stereocenters. The average molecular weight is 334 g/mol. The van der Waals surface area contributed by atoms with Crippen LogP contribution in [0.3, 0.4) is 0 Å². The smallest absolute Gasteiger partial charge is 0.122 e. The number of aryl methyl sites for hydroxylation is 1. The maximum Gasteiger partial charge on any atom is 0.122 e. The fourth-order valence-electron chi connectivity index (χ4n) is 2.39. The van der Waals surface area contributed by atoms with Crippen molar-refractivity contribution in [3.8, 4) is 5.75 Å². The van der Waals surface area contributed by atoms with Gasteiger partial charge in [0.1, 0.15) is 5.75 Å². The van der Waals surface area contributed by atoms with Crippen molar-refractivity contribution in [2.45, 2.75) is 19.4 Å². The van der Waals surface area contributed by atoms with Gasteiger partial charge in [-0.25, -0.2) is 0 Å². The highest BCUT2D eigenvalue weighted by Gasteiger charge is 2.15. The predicted octanol–water partition coefficient (Wildman–Crippen LogP) is 4.27. The molecule has 0 aliphatic rings. The number of nitrogens with one attached hydrogen (secondary N) is 1. The van der Waals surface area contributed by atoms with Crippen molar-refractivity contribution < 1.29 is 4.74 Å². The number of hydrogen-bond acceptors (Lipinski definition) is 2. The summed E-state index contributed by atoms with van der Waals surface area (Å²) >= 11 is 3.65. The summed E-state index contributed by atoms with van der Waals surface area (Å²) in [6, 6.07) is 14.9. The summed E-state index contributed by atoms with van der Waals surface area (Å²) in [5.41, 5.74) is 3.75. The van der Waals surface area contributed by atoms with Crippen LogP contribution in [0, 0.1) is 6.92 Å². The number of likely N-dealkylation sites (N-methyl/N-ethyl adjacent to an activating group) is 1. The summed E-state index contributed by atoms with van der Waals surface area (Å²) in [5, 5.41) is 3.40. The van der Waals surface area contributed by atoms with E-state index in [1.54, 1.807) is 7.11 Å². The van der Waals surface area contributed by atoms with Gasteiger partial charge >= 0.3 is 0 Å². The van der Waals surface area contributed by atoms with Gasteiger partial charge in [-0.15, -0.1) is 0 Å². The second-order valence-corrected chi connectivity index (χ2v) is 5.74. The van der Waals surface area contributed by atoms with Gasteiger partial charge < -0.3 is 10.1 Å². The predicted molar refractivity (Wildman–Crippen MR) is 87.4 cm³/mol. The number of halogens is 1. The molecule has 0 fully saturated rings. The molecule has 2 aromatic carbocycles. The molecule has 0 bridgehead atoms. The number of methoxy groups -OCH3 is 1. The number of hydrogen-bond donors (Lipinski definition) is 1. The van der Waals surface area contributed by atoms with Crippen molar-refractivity contribution in [1.29, 1.82) is 0 Å². The standard InChI is InChI=1S/C17H20BrNO/c1-12-8-9-15(18)14(10-12)16(19-2)11-13-6-4-5-7-17(13)20-3/h4-10,16,19H,11H2,1-3H3. The molecule has 2 aromatic rings. The molecule has 0 aliphatic carbocycles. The summed E-state index contributed by atoms with van der Waals surface area (Å²) in [5.74, 6) is 0.941. The van der Waals surface area contributed by atoms with Crippen molar-refractivity contribution >= 4 is 15.9 Å². The van der Waals surface area contributed by atoms with Crippen LogP contribution in [0.15, 0.2) is 46.9 Å². The minimum Gasteiger partial charge on any atom is -0.496 e. The zero-order chi connectivity index (χ0) is 14.5. The molecule has 0 heterocycles. The van der Waals surface area contributed by atoms with E-state index >= 15 is 0 Å². The van der Waals surface area contributed by atoms with Crippen molar-refractivity contribution in [1.82, 2.24) is 5.32 Å². The average Bonchev–Trinajstić information content (AvgIpc) is 2.48. The van der Waals surface area contributed by atoms with Gasteiger partial charge in [0.25, 0.3) is 0 Å². The molecule has 0 saturated heterocycles. The molecule has 0 radical (unpaired) electrons. The Bertz CT molecular complexity index is 583. The number of ether oxygens (including phenoxy) is 1. The van der Waals surface area contributed by atoms with Gasteiger partial charge in [-0.1, -0.05) is 51.8 Å². The summed E-state index contributed by atoms with van der Waals surface area (Å²) in [7, 11) is 3.71. The van der Waals surface area contributed by atoms with Crippen molar-refractivity contribution in [3.05, 3.63) is 63.6 Å². The largest absolute Gasteiger partial charge is 0.496 e. The van der Waals surface area contributed by atoms with E-state index in [1.165, 1.54) is 16.7 Å². The zero-order valence-corrected chi connectivity index (χ0v) is 13.7. The third-order valence-electron chi connectivity index (χ3n) is 3.49. The lowest BCUT2D eigenvalue weighted by atomic mass is 9.97. The Labute approximate surface area is 129 Å². The zero-order valence-electron chi connectivity index (χ0n) is 12.1. The van der Waals surface area contributed by atoms with Crippen LogP contribution >= 0.6 is 15.9 Å². The van der Waals surface area contributed by atoms with Gasteiger partial charge in [0.05, 0.1) is 7.11 Å². The summed E-state index contributed by atoms with van der Waals surface area (Å²) in [6.07, 6.45) is 0.891. The van der Waals surface area contributed by atoms with Crippen LogP contribution in [0.4, 0.5) is 0 Å². The third kappa shape index (κ3) is 3.41. The van der Waals surface area contributed by atoms with Gasteiger partial charge in [-0.3, -0.25) is 0 Å². The highest BCUT2D eigenvalue weighted by atomic mass is 79.9. The van der Waals surface area contributed by atoms with E-state index in [1.807, 2.05) is 19.2 Å². The van der Waals surface area contributed by atoms with Gasteiger partial charge in [-0.05, 0) is 43.7 Å². The molecule has 0 aromatic heterocycles. The second kappa shape index (κ2) is 6.91. The van der Waals surface area contributed by atoms with Crippen LogP contribution in [-0.2, 0) is 6.42 Å². The Morgan fingerprint density at radius 1 is 1.20 bits per heavy atom. The fraction of sp³-hybridized carbons (Fsp3) is 0.294. The molecule has 0 aliphatic heterocycles. The highest BCUT2D eigenvalue weighted by molar-refractivity contribution is 9.10. The Morgan fingerprint density at radius 3 is 2.65 bits per heavy atom. The SMILES string of the molecule is CNC(Cc1ccccc1OC)c1cc(C)ccc1Br.